The maximum atomic E-state index is 13.5. The zero-order valence-electron chi connectivity index (χ0n) is 15.4. The van der Waals surface area contributed by atoms with Gasteiger partial charge in [-0.25, -0.2) is 13.8 Å². The van der Waals surface area contributed by atoms with Crippen molar-refractivity contribution >= 4 is 12.1 Å². The van der Waals surface area contributed by atoms with Crippen LogP contribution in [0.25, 0.3) is 0 Å². The Morgan fingerprint density at radius 1 is 1.31 bits per heavy atom. The molecule has 1 aliphatic rings. The molecule has 0 N–H and O–H groups in total. The first-order chi connectivity index (χ1) is 14.0. The van der Waals surface area contributed by atoms with Gasteiger partial charge in [0.1, 0.15) is 17.7 Å². The Bertz CT molecular complexity index is 982. The van der Waals surface area contributed by atoms with Crippen molar-refractivity contribution in [3.8, 4) is 11.9 Å². The highest BCUT2D eigenvalue weighted by Gasteiger charge is 2.30. The summed E-state index contributed by atoms with van der Waals surface area (Å²) in [6.45, 7) is 4.04. The number of carbonyl (C=O) groups is 1. The summed E-state index contributed by atoms with van der Waals surface area (Å²) in [6, 6.07) is 4.45. The van der Waals surface area contributed by atoms with E-state index < -0.39 is 23.6 Å². The highest BCUT2D eigenvalue weighted by molar-refractivity contribution is 5.94. The summed E-state index contributed by atoms with van der Waals surface area (Å²) in [7, 11) is 0. The summed E-state index contributed by atoms with van der Waals surface area (Å²) in [5.74, 6) is -1.62. The molecule has 0 spiro atoms. The number of ether oxygens (including phenoxy) is 1. The third-order valence-corrected chi connectivity index (χ3v) is 4.21. The lowest BCUT2D eigenvalue weighted by Crippen LogP contribution is -2.28. The fourth-order valence-corrected chi connectivity index (χ4v) is 2.86. The molecule has 1 unspecified atom stereocenters. The Labute approximate surface area is 166 Å². The molecule has 1 atom stereocenters. The van der Waals surface area contributed by atoms with Gasteiger partial charge in [-0.15, -0.1) is 0 Å². The second kappa shape index (κ2) is 9.01. The number of rotatable bonds is 7. The van der Waals surface area contributed by atoms with Crippen molar-refractivity contribution in [2.75, 3.05) is 6.61 Å². The zero-order chi connectivity index (χ0) is 20.8. The number of hydrogen-bond donors (Lipinski definition) is 0. The molecule has 0 saturated heterocycles. The Kier molecular flexibility index (Phi) is 6.24. The van der Waals surface area contributed by atoms with Crippen molar-refractivity contribution in [1.82, 2.24) is 15.0 Å². The lowest BCUT2D eigenvalue weighted by Gasteiger charge is -2.23. The molecule has 0 bridgehead atoms. The maximum absolute atomic E-state index is 13.5. The van der Waals surface area contributed by atoms with Crippen LogP contribution < -0.4 is 4.74 Å². The SMILES string of the molecule is C=C(CCCOc1cncc(C#N)n1)C(=O)N1N=CCC1c1cc(F)cc(F)c1. The molecule has 0 fully saturated rings. The number of hydrazone groups is 1. The standard InChI is InChI=1S/C20H17F2N5O2/c1-13(3-2-6-29-19-12-24-11-17(10-23)26-19)20(28)27-18(4-5-25-27)14-7-15(21)9-16(22)8-14/h5,7-9,11-12,18H,1-4,6H2. The number of amides is 1. The highest BCUT2D eigenvalue weighted by Crippen LogP contribution is 2.30. The van der Waals surface area contributed by atoms with Crippen molar-refractivity contribution < 1.29 is 18.3 Å². The lowest BCUT2D eigenvalue weighted by molar-refractivity contribution is -0.129. The minimum Gasteiger partial charge on any atom is -0.477 e. The number of nitriles is 1. The van der Waals surface area contributed by atoms with E-state index in [-0.39, 0.29) is 18.2 Å². The van der Waals surface area contributed by atoms with Crippen LogP contribution in [-0.4, -0.2) is 33.7 Å². The molecule has 1 aromatic carbocycles. The van der Waals surface area contributed by atoms with Crippen LogP contribution in [0.3, 0.4) is 0 Å². The van der Waals surface area contributed by atoms with Crippen LogP contribution in [0, 0.1) is 23.0 Å². The molecule has 1 aliphatic heterocycles. The van der Waals surface area contributed by atoms with E-state index in [1.165, 1.54) is 35.7 Å². The van der Waals surface area contributed by atoms with Crippen LogP contribution in [0.2, 0.25) is 0 Å². The van der Waals surface area contributed by atoms with E-state index in [0.29, 0.717) is 30.4 Å². The van der Waals surface area contributed by atoms with Gasteiger partial charge in [0.15, 0.2) is 5.69 Å². The van der Waals surface area contributed by atoms with Crippen molar-refractivity contribution in [3.63, 3.8) is 0 Å². The quantitative estimate of drug-likeness (QED) is 0.528. The molecule has 9 heteroatoms. The van der Waals surface area contributed by atoms with Crippen molar-refractivity contribution in [3.05, 3.63) is 65.6 Å². The molecule has 3 rings (SSSR count). The summed E-state index contributed by atoms with van der Waals surface area (Å²) < 4.78 is 32.5. The first kappa shape index (κ1) is 20.1. The van der Waals surface area contributed by atoms with Gasteiger partial charge in [0.05, 0.1) is 25.0 Å². The molecular formula is C20H17F2N5O2. The third kappa shape index (κ3) is 4.99. The van der Waals surface area contributed by atoms with Gasteiger partial charge in [-0.2, -0.15) is 15.3 Å². The monoisotopic (exact) mass is 397 g/mol. The fraction of sp³-hybridized carbons (Fsp3) is 0.250. The summed E-state index contributed by atoms with van der Waals surface area (Å²) in [6.07, 6.45) is 5.41. The van der Waals surface area contributed by atoms with E-state index in [0.717, 1.165) is 6.07 Å². The molecule has 1 amide bonds. The highest BCUT2D eigenvalue weighted by atomic mass is 19.1. The Balaban J connectivity index is 1.54. The van der Waals surface area contributed by atoms with Crippen molar-refractivity contribution in [2.24, 2.45) is 5.10 Å². The van der Waals surface area contributed by atoms with Crippen LogP contribution in [0.5, 0.6) is 5.88 Å². The number of aromatic nitrogens is 2. The normalized spacial score (nSPS) is 15.2. The smallest absolute Gasteiger partial charge is 0.269 e. The van der Waals surface area contributed by atoms with Gasteiger partial charge in [0.25, 0.3) is 5.91 Å². The van der Waals surface area contributed by atoms with Crippen molar-refractivity contribution in [2.45, 2.75) is 25.3 Å². The summed E-state index contributed by atoms with van der Waals surface area (Å²) >= 11 is 0. The number of nitrogens with zero attached hydrogens (tertiary/aromatic N) is 5. The third-order valence-electron chi connectivity index (χ3n) is 4.21. The molecule has 1 aromatic heterocycles. The predicted molar refractivity (Wildman–Crippen MR) is 99.7 cm³/mol. The van der Waals surface area contributed by atoms with Crippen LogP contribution in [0.1, 0.15) is 36.6 Å². The molecule has 7 nitrogen and oxygen atoms in total. The summed E-state index contributed by atoms with van der Waals surface area (Å²) in [5.41, 5.74) is 0.778. The number of carbonyl (C=O) groups excluding carboxylic acids is 1. The van der Waals surface area contributed by atoms with Gasteiger partial charge in [0, 0.05) is 24.3 Å². The van der Waals surface area contributed by atoms with E-state index >= 15 is 0 Å². The first-order valence-corrected chi connectivity index (χ1v) is 8.82. The molecule has 29 heavy (non-hydrogen) atoms. The van der Waals surface area contributed by atoms with Crippen LogP contribution in [0.15, 0.2) is 47.8 Å². The lowest BCUT2D eigenvalue weighted by atomic mass is 10.0. The molecule has 2 heterocycles. The topological polar surface area (TPSA) is 91.5 Å². The molecule has 0 radical (unpaired) electrons. The minimum absolute atomic E-state index is 0.147. The Morgan fingerprint density at radius 2 is 2.07 bits per heavy atom. The van der Waals surface area contributed by atoms with Gasteiger partial charge < -0.3 is 4.74 Å². The van der Waals surface area contributed by atoms with Crippen LogP contribution in [0.4, 0.5) is 8.78 Å². The Morgan fingerprint density at radius 3 is 2.79 bits per heavy atom. The van der Waals surface area contributed by atoms with E-state index in [1.54, 1.807) is 0 Å². The van der Waals surface area contributed by atoms with Crippen molar-refractivity contribution in [1.29, 1.82) is 5.26 Å². The molecule has 0 aliphatic carbocycles. The maximum Gasteiger partial charge on any atom is 0.269 e. The second-order valence-electron chi connectivity index (χ2n) is 6.31. The van der Waals surface area contributed by atoms with E-state index in [4.69, 9.17) is 10.00 Å². The average molecular weight is 397 g/mol. The summed E-state index contributed by atoms with van der Waals surface area (Å²) in [4.78, 5) is 20.5. The molecule has 2 aromatic rings. The van der Waals surface area contributed by atoms with Gasteiger partial charge in [-0.05, 0) is 30.5 Å². The number of halogens is 2. The minimum atomic E-state index is -0.709. The van der Waals surface area contributed by atoms with Gasteiger partial charge in [0.2, 0.25) is 5.88 Å². The van der Waals surface area contributed by atoms with Gasteiger partial charge in [-0.1, -0.05) is 6.58 Å². The molecule has 148 valence electrons. The number of hydrogen-bond acceptors (Lipinski definition) is 6. The fourth-order valence-electron chi connectivity index (χ4n) is 2.86. The van der Waals surface area contributed by atoms with E-state index in [2.05, 4.69) is 21.6 Å². The van der Waals surface area contributed by atoms with Gasteiger partial charge >= 0.3 is 0 Å². The van der Waals surface area contributed by atoms with Crippen LogP contribution >= 0.6 is 0 Å². The Hall–Kier alpha value is -3.67. The molecule has 0 saturated carbocycles. The predicted octanol–water partition coefficient (Wildman–Crippen LogP) is 3.30. The summed E-state index contributed by atoms with van der Waals surface area (Å²) in [5, 5.41) is 14.0. The number of benzene rings is 1. The molecular weight excluding hydrogens is 380 g/mol. The van der Waals surface area contributed by atoms with E-state index in [9.17, 15) is 13.6 Å². The van der Waals surface area contributed by atoms with Gasteiger partial charge in [-0.3, -0.25) is 9.78 Å². The van der Waals surface area contributed by atoms with Crippen LogP contribution in [-0.2, 0) is 4.79 Å². The largest absolute Gasteiger partial charge is 0.477 e. The average Bonchev–Trinajstić information content (AvgIpc) is 3.20. The van der Waals surface area contributed by atoms with E-state index in [1.807, 2.05) is 6.07 Å². The zero-order valence-corrected chi connectivity index (χ0v) is 15.4. The first-order valence-electron chi connectivity index (χ1n) is 8.82. The second-order valence-corrected chi connectivity index (χ2v) is 6.31.